The van der Waals surface area contributed by atoms with Gasteiger partial charge in [0.05, 0.1) is 12.3 Å². The predicted molar refractivity (Wildman–Crippen MR) is 90.4 cm³/mol. The number of anilines is 2. The minimum atomic E-state index is 0.765. The maximum absolute atomic E-state index is 5.56. The molecule has 0 aromatic carbocycles. The molecule has 122 valence electrons. The van der Waals surface area contributed by atoms with E-state index < -0.39 is 0 Å². The van der Waals surface area contributed by atoms with Crippen LogP contribution in [0, 0.1) is 0 Å². The maximum atomic E-state index is 5.56. The molecule has 0 bridgehead atoms. The third-order valence-corrected chi connectivity index (χ3v) is 5.27. The number of aromatic nitrogens is 3. The molecule has 0 unspecified atom stereocenters. The van der Waals surface area contributed by atoms with Crippen molar-refractivity contribution in [2.24, 2.45) is 0 Å². The Morgan fingerprint density at radius 1 is 1.22 bits per heavy atom. The third-order valence-electron chi connectivity index (χ3n) is 4.26. The topological polar surface area (TPSA) is 66.4 Å². The largest absolute Gasteiger partial charge is 0.477 e. The number of piperazine rings is 1. The first-order valence-electron chi connectivity index (χ1n) is 7.92. The first-order chi connectivity index (χ1) is 11.3. The zero-order chi connectivity index (χ0) is 15.6. The van der Waals surface area contributed by atoms with Crippen LogP contribution in [0.3, 0.4) is 0 Å². The predicted octanol–water partition coefficient (Wildman–Crippen LogP) is 1.23. The number of rotatable bonds is 4. The number of hydrogen-bond donors (Lipinski definition) is 1. The fraction of sp³-hybridized carbons (Fsp3) is 0.533. The van der Waals surface area contributed by atoms with Crippen molar-refractivity contribution in [1.29, 1.82) is 0 Å². The Balaban J connectivity index is 1.34. The minimum Gasteiger partial charge on any atom is -0.477 e. The summed E-state index contributed by atoms with van der Waals surface area (Å²) >= 11 is 1.60. The summed E-state index contributed by atoms with van der Waals surface area (Å²) in [5.74, 6) is 0.828. The lowest BCUT2D eigenvalue weighted by Crippen LogP contribution is -2.46. The Labute approximate surface area is 139 Å². The number of nitrogens with one attached hydrogen (secondary N) is 1. The van der Waals surface area contributed by atoms with Gasteiger partial charge in [0, 0.05) is 51.8 Å². The quantitative estimate of drug-likeness (QED) is 0.903. The Hall–Kier alpha value is -1.93. The second-order valence-corrected chi connectivity index (χ2v) is 6.72. The summed E-state index contributed by atoms with van der Waals surface area (Å²) in [5, 5.41) is 13.3. The van der Waals surface area contributed by atoms with Gasteiger partial charge in [-0.1, -0.05) is 17.4 Å². The summed E-state index contributed by atoms with van der Waals surface area (Å²) in [6.07, 6.45) is 0.984. The van der Waals surface area contributed by atoms with E-state index in [2.05, 4.69) is 42.4 Å². The van der Waals surface area contributed by atoms with Gasteiger partial charge < -0.3 is 15.0 Å². The summed E-state index contributed by atoms with van der Waals surface area (Å²) in [6.45, 7) is 5.60. The van der Waals surface area contributed by atoms with Gasteiger partial charge in [-0.15, -0.1) is 10.2 Å². The highest BCUT2D eigenvalue weighted by Crippen LogP contribution is 2.25. The van der Waals surface area contributed by atoms with E-state index in [0.717, 1.165) is 67.6 Å². The van der Waals surface area contributed by atoms with Gasteiger partial charge in [-0.2, -0.15) is 0 Å². The van der Waals surface area contributed by atoms with Crippen molar-refractivity contribution in [2.75, 3.05) is 50.1 Å². The van der Waals surface area contributed by atoms with E-state index >= 15 is 0 Å². The van der Waals surface area contributed by atoms with Crippen LogP contribution in [-0.2, 0) is 13.0 Å². The molecular formula is C15H20N6OS. The molecule has 0 aliphatic carbocycles. The van der Waals surface area contributed by atoms with Crippen LogP contribution in [0.1, 0.15) is 11.3 Å². The maximum Gasteiger partial charge on any atom is 0.216 e. The second-order valence-electron chi connectivity index (χ2n) is 5.77. The molecule has 0 spiro atoms. The molecule has 8 heteroatoms. The zero-order valence-electron chi connectivity index (χ0n) is 13.2. The molecule has 2 aliphatic heterocycles. The lowest BCUT2D eigenvalue weighted by molar-refractivity contribution is 0.245. The molecular weight excluding hydrogens is 312 g/mol. The molecule has 2 aromatic heterocycles. The van der Waals surface area contributed by atoms with Gasteiger partial charge >= 0.3 is 0 Å². The molecule has 1 N–H and O–H groups in total. The summed E-state index contributed by atoms with van der Waals surface area (Å²) in [5.41, 5.74) is 2.32. The Bertz CT molecular complexity index is 682. The zero-order valence-corrected chi connectivity index (χ0v) is 14.0. The summed E-state index contributed by atoms with van der Waals surface area (Å²) in [7, 11) is 1.87. The van der Waals surface area contributed by atoms with Crippen molar-refractivity contribution in [3.8, 4) is 5.88 Å². The number of pyridine rings is 1. The van der Waals surface area contributed by atoms with E-state index in [0.29, 0.717) is 0 Å². The molecule has 2 aromatic rings. The molecule has 4 rings (SSSR count). The molecule has 23 heavy (non-hydrogen) atoms. The number of hydrogen-bond acceptors (Lipinski definition) is 8. The molecule has 1 fully saturated rings. The molecule has 0 radical (unpaired) electrons. The monoisotopic (exact) mass is 332 g/mol. The standard InChI is InChI=1S/C15H20N6OS/c1-16-14-18-19-15(23-14)21-7-5-20(6-8-21)10-12-3-2-11-4-9-22-13(11)17-12/h2-3H,4-10H2,1H3,(H,16,18). The van der Waals surface area contributed by atoms with E-state index in [1.807, 2.05) is 7.05 Å². The summed E-state index contributed by atoms with van der Waals surface area (Å²) in [6, 6.07) is 4.28. The van der Waals surface area contributed by atoms with E-state index in [9.17, 15) is 0 Å². The first kappa shape index (κ1) is 14.6. The van der Waals surface area contributed by atoms with Crippen LogP contribution >= 0.6 is 11.3 Å². The Kier molecular flexibility index (Phi) is 4.00. The number of fused-ring (bicyclic) bond motifs is 1. The molecule has 7 nitrogen and oxygen atoms in total. The smallest absolute Gasteiger partial charge is 0.216 e. The molecule has 0 atom stereocenters. The molecule has 0 saturated carbocycles. The van der Waals surface area contributed by atoms with Crippen molar-refractivity contribution in [1.82, 2.24) is 20.1 Å². The van der Waals surface area contributed by atoms with Crippen LogP contribution in [0.2, 0.25) is 0 Å². The summed E-state index contributed by atoms with van der Waals surface area (Å²) in [4.78, 5) is 9.36. The van der Waals surface area contributed by atoms with Crippen molar-refractivity contribution in [3.63, 3.8) is 0 Å². The van der Waals surface area contributed by atoms with Gasteiger partial charge in [0.1, 0.15) is 0 Å². The van der Waals surface area contributed by atoms with Crippen LogP contribution in [0.15, 0.2) is 12.1 Å². The lowest BCUT2D eigenvalue weighted by Gasteiger charge is -2.34. The van der Waals surface area contributed by atoms with Crippen molar-refractivity contribution in [3.05, 3.63) is 23.4 Å². The minimum absolute atomic E-state index is 0.765. The van der Waals surface area contributed by atoms with Gasteiger partial charge in [0.25, 0.3) is 0 Å². The van der Waals surface area contributed by atoms with Gasteiger partial charge in [0.15, 0.2) is 0 Å². The molecule has 2 aliphatic rings. The number of ether oxygens (including phenoxy) is 1. The van der Waals surface area contributed by atoms with E-state index in [1.54, 1.807) is 11.3 Å². The highest BCUT2D eigenvalue weighted by atomic mass is 32.1. The van der Waals surface area contributed by atoms with E-state index in [4.69, 9.17) is 4.74 Å². The molecule has 0 amide bonds. The SMILES string of the molecule is CNc1nnc(N2CCN(Cc3ccc4c(n3)OCC4)CC2)s1. The van der Waals surface area contributed by atoms with Crippen LogP contribution in [-0.4, -0.2) is 59.9 Å². The van der Waals surface area contributed by atoms with Gasteiger partial charge in [-0.3, -0.25) is 4.90 Å². The fourth-order valence-corrected chi connectivity index (χ4v) is 3.69. The first-order valence-corrected chi connectivity index (χ1v) is 8.73. The Morgan fingerprint density at radius 3 is 2.87 bits per heavy atom. The van der Waals surface area contributed by atoms with Crippen LogP contribution in [0.25, 0.3) is 0 Å². The van der Waals surface area contributed by atoms with Gasteiger partial charge in [0.2, 0.25) is 16.1 Å². The van der Waals surface area contributed by atoms with Crippen molar-refractivity contribution < 1.29 is 4.74 Å². The van der Waals surface area contributed by atoms with Crippen LogP contribution in [0.5, 0.6) is 5.88 Å². The van der Waals surface area contributed by atoms with E-state index in [1.165, 1.54) is 5.56 Å². The highest BCUT2D eigenvalue weighted by molar-refractivity contribution is 7.19. The third kappa shape index (κ3) is 3.09. The van der Waals surface area contributed by atoms with Crippen LogP contribution < -0.4 is 15.0 Å². The van der Waals surface area contributed by atoms with E-state index in [-0.39, 0.29) is 0 Å². The molecule has 4 heterocycles. The van der Waals surface area contributed by atoms with Gasteiger partial charge in [-0.25, -0.2) is 4.98 Å². The van der Waals surface area contributed by atoms with Gasteiger partial charge in [-0.05, 0) is 6.07 Å². The van der Waals surface area contributed by atoms with Crippen molar-refractivity contribution >= 4 is 21.6 Å². The fourth-order valence-electron chi connectivity index (χ4n) is 2.94. The second kappa shape index (κ2) is 6.29. The average molecular weight is 332 g/mol. The summed E-state index contributed by atoms with van der Waals surface area (Å²) < 4.78 is 5.56. The highest BCUT2D eigenvalue weighted by Gasteiger charge is 2.21. The normalized spacial score (nSPS) is 17.9. The van der Waals surface area contributed by atoms with Crippen LogP contribution in [0.4, 0.5) is 10.3 Å². The Morgan fingerprint density at radius 2 is 2.09 bits per heavy atom. The molecule has 1 saturated heterocycles. The lowest BCUT2D eigenvalue weighted by atomic mass is 10.2. The number of nitrogens with zero attached hydrogens (tertiary/aromatic N) is 5. The average Bonchev–Trinajstić information content (AvgIpc) is 3.24. The van der Waals surface area contributed by atoms with Crippen molar-refractivity contribution in [2.45, 2.75) is 13.0 Å².